The lowest BCUT2D eigenvalue weighted by Crippen LogP contribution is -2.34. The Bertz CT molecular complexity index is 454. The fourth-order valence-electron chi connectivity index (χ4n) is 3.20. The summed E-state index contributed by atoms with van der Waals surface area (Å²) in [4.78, 5) is 0. The highest BCUT2D eigenvalue weighted by Gasteiger charge is 2.43. The van der Waals surface area contributed by atoms with Crippen LogP contribution in [-0.2, 0) is 0 Å². The van der Waals surface area contributed by atoms with Crippen molar-refractivity contribution in [2.45, 2.75) is 38.7 Å². The summed E-state index contributed by atoms with van der Waals surface area (Å²) in [5.41, 5.74) is 6.27. The number of nitrogens with two attached hydrogens (primary N) is 1. The minimum absolute atomic E-state index is 0.291. The topological polar surface area (TPSA) is 46.2 Å². The Kier molecular flexibility index (Phi) is 4.64. The first-order valence-electron chi connectivity index (χ1n) is 6.85. The largest absolute Gasteiger partial charge is 0.388 e. The average Bonchev–Trinajstić information content (AvgIpc) is 2.86. The SMILES string of the molecule is CCC1CCC(CN)(C(O)c2ccc(Br)c(F)c2)C1. The van der Waals surface area contributed by atoms with Gasteiger partial charge in [0, 0.05) is 12.0 Å². The van der Waals surface area contributed by atoms with Gasteiger partial charge in [-0.25, -0.2) is 4.39 Å². The zero-order valence-electron chi connectivity index (χ0n) is 11.2. The lowest BCUT2D eigenvalue weighted by molar-refractivity contribution is 0.0299. The van der Waals surface area contributed by atoms with Crippen molar-refractivity contribution < 1.29 is 9.50 Å². The molecule has 106 valence electrons. The molecule has 0 radical (unpaired) electrons. The van der Waals surface area contributed by atoms with Gasteiger partial charge in [-0.3, -0.25) is 0 Å². The zero-order valence-corrected chi connectivity index (χ0v) is 12.8. The second-order valence-corrected chi connectivity index (χ2v) is 6.51. The van der Waals surface area contributed by atoms with E-state index in [4.69, 9.17) is 5.73 Å². The zero-order chi connectivity index (χ0) is 14.0. The molecule has 1 aromatic carbocycles. The molecule has 3 N–H and O–H groups in total. The van der Waals surface area contributed by atoms with E-state index in [-0.39, 0.29) is 11.2 Å². The first kappa shape index (κ1) is 14.9. The Labute approximate surface area is 122 Å². The van der Waals surface area contributed by atoms with Crippen LogP contribution in [0, 0.1) is 17.2 Å². The molecule has 19 heavy (non-hydrogen) atoms. The van der Waals surface area contributed by atoms with Gasteiger partial charge in [0.1, 0.15) is 5.82 Å². The molecule has 4 heteroatoms. The van der Waals surface area contributed by atoms with E-state index in [1.807, 2.05) is 0 Å². The van der Waals surface area contributed by atoms with Crippen molar-refractivity contribution in [2.75, 3.05) is 6.54 Å². The van der Waals surface area contributed by atoms with E-state index in [2.05, 4.69) is 22.9 Å². The predicted octanol–water partition coefficient (Wildman–Crippen LogP) is 3.78. The molecule has 0 heterocycles. The van der Waals surface area contributed by atoms with Gasteiger partial charge in [-0.1, -0.05) is 19.4 Å². The molecular formula is C15H21BrFNO. The van der Waals surface area contributed by atoms with Crippen LogP contribution in [0.1, 0.15) is 44.3 Å². The summed E-state index contributed by atoms with van der Waals surface area (Å²) in [5.74, 6) is 0.284. The van der Waals surface area contributed by atoms with Crippen molar-refractivity contribution in [3.05, 3.63) is 34.1 Å². The highest BCUT2D eigenvalue weighted by Crippen LogP contribution is 2.50. The summed E-state index contributed by atoms with van der Waals surface area (Å²) in [6.07, 6.45) is 3.38. The highest BCUT2D eigenvalue weighted by molar-refractivity contribution is 9.10. The maximum atomic E-state index is 13.6. The summed E-state index contributed by atoms with van der Waals surface area (Å²) >= 11 is 3.13. The monoisotopic (exact) mass is 329 g/mol. The van der Waals surface area contributed by atoms with Crippen LogP contribution in [0.3, 0.4) is 0 Å². The third-order valence-electron chi connectivity index (χ3n) is 4.57. The van der Waals surface area contributed by atoms with Gasteiger partial charge < -0.3 is 10.8 Å². The molecular weight excluding hydrogens is 309 g/mol. The molecule has 0 saturated heterocycles. The normalized spacial score (nSPS) is 28.6. The lowest BCUT2D eigenvalue weighted by atomic mass is 9.76. The molecule has 1 aliphatic rings. The fraction of sp³-hybridized carbons (Fsp3) is 0.600. The molecule has 1 saturated carbocycles. The fourth-order valence-corrected chi connectivity index (χ4v) is 3.45. The number of benzene rings is 1. The van der Waals surface area contributed by atoms with E-state index >= 15 is 0 Å². The maximum absolute atomic E-state index is 13.6. The first-order valence-corrected chi connectivity index (χ1v) is 7.65. The van der Waals surface area contributed by atoms with E-state index in [1.165, 1.54) is 6.07 Å². The van der Waals surface area contributed by atoms with Crippen molar-refractivity contribution in [1.82, 2.24) is 0 Å². The van der Waals surface area contributed by atoms with Crippen LogP contribution in [-0.4, -0.2) is 11.7 Å². The molecule has 3 unspecified atom stereocenters. The summed E-state index contributed by atoms with van der Waals surface area (Å²) in [7, 11) is 0. The molecule has 2 rings (SSSR count). The van der Waals surface area contributed by atoms with Crippen molar-refractivity contribution >= 4 is 15.9 Å². The molecule has 1 aromatic rings. The minimum Gasteiger partial charge on any atom is -0.388 e. The first-order chi connectivity index (χ1) is 9.02. The summed E-state index contributed by atoms with van der Waals surface area (Å²) in [6, 6.07) is 4.82. The number of rotatable bonds is 4. The number of aliphatic hydroxyl groups is 1. The second kappa shape index (κ2) is 5.90. The van der Waals surface area contributed by atoms with Crippen LogP contribution >= 0.6 is 15.9 Å². The van der Waals surface area contributed by atoms with Crippen LogP contribution in [0.5, 0.6) is 0 Å². The van der Waals surface area contributed by atoms with Crippen LogP contribution < -0.4 is 5.73 Å². The van der Waals surface area contributed by atoms with Crippen LogP contribution in [0.4, 0.5) is 4.39 Å². The Hall–Kier alpha value is -0.450. The van der Waals surface area contributed by atoms with Crippen molar-refractivity contribution in [1.29, 1.82) is 0 Å². The number of aliphatic hydroxyl groups excluding tert-OH is 1. The number of hydrogen-bond donors (Lipinski definition) is 2. The summed E-state index contributed by atoms with van der Waals surface area (Å²) in [5, 5.41) is 10.6. The third kappa shape index (κ3) is 2.86. The number of halogens is 2. The standard InChI is InChI=1S/C15H21BrFNO/c1-2-10-5-6-15(8-10,9-18)14(19)11-3-4-12(16)13(17)7-11/h3-4,7,10,14,19H,2,5-6,8-9,18H2,1H3. The van der Waals surface area contributed by atoms with Gasteiger partial charge in [0.2, 0.25) is 0 Å². The van der Waals surface area contributed by atoms with Gasteiger partial charge in [-0.2, -0.15) is 0 Å². The Morgan fingerprint density at radius 3 is 2.84 bits per heavy atom. The second-order valence-electron chi connectivity index (χ2n) is 5.66. The van der Waals surface area contributed by atoms with Gasteiger partial charge in [0.15, 0.2) is 0 Å². The highest BCUT2D eigenvalue weighted by atomic mass is 79.9. The Morgan fingerprint density at radius 2 is 2.32 bits per heavy atom. The predicted molar refractivity (Wildman–Crippen MR) is 78.2 cm³/mol. The average molecular weight is 330 g/mol. The maximum Gasteiger partial charge on any atom is 0.137 e. The van der Waals surface area contributed by atoms with Crippen LogP contribution in [0.15, 0.2) is 22.7 Å². The third-order valence-corrected chi connectivity index (χ3v) is 5.21. The van der Waals surface area contributed by atoms with E-state index in [1.54, 1.807) is 12.1 Å². The molecule has 1 aliphatic carbocycles. The van der Waals surface area contributed by atoms with Crippen molar-refractivity contribution in [2.24, 2.45) is 17.1 Å². The van der Waals surface area contributed by atoms with Gasteiger partial charge >= 0.3 is 0 Å². The number of hydrogen-bond acceptors (Lipinski definition) is 2. The smallest absolute Gasteiger partial charge is 0.137 e. The van der Waals surface area contributed by atoms with Gasteiger partial charge in [-0.05, 0) is 58.8 Å². The van der Waals surface area contributed by atoms with Gasteiger partial charge in [0.25, 0.3) is 0 Å². The Morgan fingerprint density at radius 1 is 1.58 bits per heavy atom. The van der Waals surface area contributed by atoms with E-state index in [9.17, 15) is 9.50 Å². The lowest BCUT2D eigenvalue weighted by Gasteiger charge is -2.34. The molecule has 0 amide bonds. The molecule has 3 atom stereocenters. The van der Waals surface area contributed by atoms with Crippen LogP contribution in [0.2, 0.25) is 0 Å². The molecule has 2 nitrogen and oxygen atoms in total. The minimum atomic E-state index is -0.684. The van der Waals surface area contributed by atoms with Crippen LogP contribution in [0.25, 0.3) is 0 Å². The van der Waals surface area contributed by atoms with E-state index < -0.39 is 6.10 Å². The van der Waals surface area contributed by atoms with Gasteiger partial charge in [-0.15, -0.1) is 0 Å². The van der Waals surface area contributed by atoms with Crippen molar-refractivity contribution in [3.63, 3.8) is 0 Å². The van der Waals surface area contributed by atoms with Gasteiger partial charge in [0.05, 0.1) is 10.6 Å². The molecule has 1 fully saturated rings. The van der Waals surface area contributed by atoms with E-state index in [0.717, 1.165) is 25.7 Å². The molecule has 0 aliphatic heterocycles. The quantitative estimate of drug-likeness (QED) is 0.883. The van der Waals surface area contributed by atoms with E-state index in [0.29, 0.717) is 22.5 Å². The summed E-state index contributed by atoms with van der Waals surface area (Å²) in [6.45, 7) is 2.62. The molecule has 0 bridgehead atoms. The molecule has 0 spiro atoms. The Balaban J connectivity index is 2.25. The van der Waals surface area contributed by atoms with Crippen molar-refractivity contribution in [3.8, 4) is 0 Å². The molecule has 0 aromatic heterocycles. The summed E-state index contributed by atoms with van der Waals surface area (Å²) < 4.78 is 14.0.